The number of nitrogens with one attached hydrogen (secondary N) is 1. The lowest BCUT2D eigenvalue weighted by atomic mass is 10.0. The Hall–Kier alpha value is -5.42. The number of rotatable bonds is 11. The van der Waals surface area contributed by atoms with E-state index in [1.54, 1.807) is 4.57 Å². The van der Waals surface area contributed by atoms with Gasteiger partial charge in [-0.2, -0.15) is 13.2 Å². The summed E-state index contributed by atoms with van der Waals surface area (Å²) < 4.78 is 33.4. The van der Waals surface area contributed by atoms with Crippen molar-refractivity contribution in [3.63, 3.8) is 0 Å². The molecule has 0 spiro atoms. The first-order valence-corrected chi connectivity index (χ1v) is 17.7. The predicted octanol–water partition coefficient (Wildman–Crippen LogP) is 0.607. The smallest absolute Gasteiger partial charge is 0.430 e. The largest absolute Gasteiger partial charge is 0.542 e. The van der Waals surface area contributed by atoms with Crippen LogP contribution in [0.4, 0.5) is 24.1 Å². The van der Waals surface area contributed by atoms with E-state index in [2.05, 4.69) is 20.4 Å². The number of carboxylic acids is 3. The van der Waals surface area contributed by atoms with Crippen LogP contribution in [0.2, 0.25) is 0 Å². The van der Waals surface area contributed by atoms with Crippen LogP contribution in [0, 0.1) is 0 Å². The summed E-state index contributed by atoms with van der Waals surface area (Å²) >= 11 is 3.60. The third-order valence-electron chi connectivity index (χ3n) is 7.20. The fourth-order valence-corrected chi connectivity index (χ4v) is 7.47. The number of amides is 2. The summed E-state index contributed by atoms with van der Waals surface area (Å²) in [7, 11) is 1.82. The number of alkyl halides is 3. The number of halogens is 3. The molecule has 282 valence electrons. The van der Waals surface area contributed by atoms with Gasteiger partial charge in [0, 0.05) is 16.9 Å². The number of nitrogen functional groups attached to an aromatic ring is 2. The van der Waals surface area contributed by atoms with Crippen molar-refractivity contribution in [3.8, 4) is 11.1 Å². The molecule has 0 saturated carbocycles. The van der Waals surface area contributed by atoms with E-state index in [1.807, 2.05) is 43.6 Å². The Bertz CT molecular complexity index is 2010. The highest BCUT2D eigenvalue weighted by Crippen LogP contribution is 2.41. The number of carboxylic acid groups (broad SMARTS) is 3. The van der Waals surface area contributed by atoms with Gasteiger partial charge in [0.15, 0.2) is 10.8 Å². The molecule has 23 heteroatoms. The summed E-state index contributed by atoms with van der Waals surface area (Å²) in [6, 6.07) is 8.48. The van der Waals surface area contributed by atoms with Gasteiger partial charge in [-0.05, 0) is 41.7 Å². The zero-order chi connectivity index (χ0) is 39.4. The van der Waals surface area contributed by atoms with E-state index in [9.17, 15) is 42.6 Å². The van der Waals surface area contributed by atoms with Crippen molar-refractivity contribution >= 4 is 81.2 Å². The molecule has 1 fully saturated rings. The van der Waals surface area contributed by atoms with E-state index >= 15 is 0 Å². The van der Waals surface area contributed by atoms with Crippen LogP contribution < -0.4 is 26.5 Å². The lowest BCUT2D eigenvalue weighted by Crippen LogP contribution is -2.71. The number of benzene rings is 1. The van der Waals surface area contributed by atoms with E-state index in [0.717, 1.165) is 27.4 Å². The molecular weight excluding hydrogens is 770 g/mol. The minimum absolute atomic E-state index is 0.0192. The van der Waals surface area contributed by atoms with Gasteiger partial charge < -0.3 is 41.7 Å². The van der Waals surface area contributed by atoms with Gasteiger partial charge >= 0.3 is 23.3 Å². The molecule has 0 aliphatic carbocycles. The summed E-state index contributed by atoms with van der Waals surface area (Å²) in [5.74, 6) is -6.28. The van der Waals surface area contributed by atoms with E-state index < -0.39 is 58.6 Å². The van der Waals surface area contributed by atoms with Gasteiger partial charge in [-0.1, -0.05) is 35.5 Å². The number of aryl methyl sites for hydroxylation is 1. The topological polar surface area (TPSA) is 267 Å². The van der Waals surface area contributed by atoms with E-state index in [1.165, 1.54) is 42.8 Å². The first-order valence-electron chi connectivity index (χ1n) is 14.8. The second kappa shape index (κ2) is 16.1. The normalized spacial score (nSPS) is 17.2. The van der Waals surface area contributed by atoms with Crippen molar-refractivity contribution in [2.45, 2.75) is 42.2 Å². The number of aliphatic carboxylic acids is 3. The monoisotopic (exact) mass is 798 g/mol. The number of fused-ring (bicyclic) bond motifs is 1. The van der Waals surface area contributed by atoms with E-state index in [-0.39, 0.29) is 28.0 Å². The Labute approximate surface area is 309 Å². The maximum atomic E-state index is 13.3. The molecule has 2 aliphatic rings. The maximum absolute atomic E-state index is 13.3. The van der Waals surface area contributed by atoms with Crippen LogP contribution in [0.3, 0.4) is 0 Å². The molecule has 1 saturated heterocycles. The van der Waals surface area contributed by atoms with Crippen LogP contribution in [0.15, 0.2) is 63.5 Å². The van der Waals surface area contributed by atoms with Crippen LogP contribution in [0.5, 0.6) is 0 Å². The van der Waals surface area contributed by atoms with Crippen molar-refractivity contribution in [2.24, 2.45) is 12.2 Å². The van der Waals surface area contributed by atoms with Gasteiger partial charge in [0.1, 0.15) is 35.0 Å². The number of nitrogens with zero attached hydrogens (tertiary/aromatic N) is 5. The molecule has 2 atom stereocenters. The molecule has 0 radical (unpaired) electrons. The third kappa shape index (κ3) is 9.34. The number of nitrogens with two attached hydrogens (primary N) is 2. The summed E-state index contributed by atoms with van der Waals surface area (Å²) in [5, 5.41) is 36.0. The van der Waals surface area contributed by atoms with Gasteiger partial charge in [-0.25, -0.2) is 19.1 Å². The average molecular weight is 799 g/mol. The highest BCUT2D eigenvalue weighted by atomic mass is 32.2. The molecule has 2 aliphatic heterocycles. The van der Waals surface area contributed by atoms with E-state index in [0.29, 0.717) is 16.5 Å². The fraction of sp³-hybridized carbons (Fsp3) is 0.300. The second-order valence-corrected chi connectivity index (χ2v) is 14.3. The maximum Gasteiger partial charge on any atom is 0.430 e. The number of thiazole rings is 1. The number of thioether (sulfide) groups is 2. The molecule has 4 heterocycles. The number of aromatic nitrogens is 3. The standard InChI is InChI=1S/C28H28N8O7S3.C2HF3O2/c1-28(2,25(41)42)43-34-17(16-12-45-26(30)31-16)21(37)32-18-22(38)36-19(24(39)40)14(10-44-23(18)36)11-46-27-33-20(29)15(9-35(27)3)13-7-5-4-6-8-13;3-2(4,5)1(6)7/h4-9,12,18,23,29H,10-11H2,1-3H3,(H5,30,31,32,37,39,40,41,42);(H,6,7)/b34-17-;. The third-order valence-corrected chi connectivity index (χ3v) is 10.3. The van der Waals surface area contributed by atoms with Gasteiger partial charge in [0.25, 0.3) is 17.6 Å². The first-order chi connectivity index (χ1) is 24.7. The van der Waals surface area contributed by atoms with Crippen LogP contribution >= 0.6 is 34.9 Å². The summed E-state index contributed by atoms with van der Waals surface area (Å²) in [5.41, 5.74) is 11.8. The molecule has 3 aromatic rings. The molecular formula is C30H29F3N8O9S3. The van der Waals surface area contributed by atoms with Crippen LogP contribution in [-0.2, 0) is 35.9 Å². The molecule has 17 nitrogen and oxygen atoms in total. The fourth-order valence-electron chi connectivity index (χ4n) is 4.49. The molecule has 0 bridgehead atoms. The van der Waals surface area contributed by atoms with E-state index in [4.69, 9.17) is 26.2 Å². The van der Waals surface area contributed by atoms with Crippen molar-refractivity contribution in [2.75, 3.05) is 23.0 Å². The van der Waals surface area contributed by atoms with Crippen LogP contribution in [0.25, 0.3) is 11.1 Å². The number of oxime groups is 1. The Balaban J connectivity index is 0.000000815. The first kappa shape index (κ1) is 40.4. The molecule has 1 aromatic carbocycles. The number of carbonyl (C=O) groups excluding carboxylic acids is 3. The van der Waals surface area contributed by atoms with Crippen molar-refractivity contribution in [1.82, 2.24) is 20.2 Å². The van der Waals surface area contributed by atoms with Gasteiger partial charge in [0.2, 0.25) is 5.60 Å². The molecule has 2 amide bonds. The molecule has 2 unspecified atom stereocenters. The molecule has 7 N–H and O–H groups in total. The lowest BCUT2D eigenvalue weighted by Gasteiger charge is -2.49. The SMILES string of the molecule is C[n+]1cc(-c2ccccc2)c(N)nc1SCC1=C(C(=O)O)N2C(=O)C(NC(=O)/C(=N\OC(C)(C)C(=O)O)c3csc(N)n3)C2SC1.O=C([O-])C(F)(F)F. The zero-order valence-corrected chi connectivity index (χ0v) is 30.1. The predicted molar refractivity (Wildman–Crippen MR) is 183 cm³/mol. The summed E-state index contributed by atoms with van der Waals surface area (Å²) in [6.45, 7) is 2.49. The van der Waals surface area contributed by atoms with Crippen LogP contribution in [-0.4, -0.2) is 95.2 Å². The summed E-state index contributed by atoms with van der Waals surface area (Å²) in [4.78, 5) is 74.1. The number of carbonyl (C=O) groups is 5. The zero-order valence-electron chi connectivity index (χ0n) is 27.6. The number of hydrogen-bond donors (Lipinski definition) is 5. The Morgan fingerprint density at radius 2 is 1.81 bits per heavy atom. The molecule has 53 heavy (non-hydrogen) atoms. The second-order valence-electron chi connectivity index (χ2n) is 11.4. The average Bonchev–Trinajstić information content (AvgIpc) is 3.52. The minimum Gasteiger partial charge on any atom is -0.542 e. The van der Waals surface area contributed by atoms with Gasteiger partial charge in [-0.3, -0.25) is 14.5 Å². The number of β-lactam (4-membered cyclic amide) rings is 1. The molecule has 5 rings (SSSR count). The number of hydrogen-bond acceptors (Lipinski definition) is 15. The summed E-state index contributed by atoms with van der Waals surface area (Å²) in [6.07, 6.45) is -3.34. The van der Waals surface area contributed by atoms with Crippen molar-refractivity contribution in [3.05, 3.63) is 58.9 Å². The number of anilines is 2. The Kier molecular flexibility index (Phi) is 12.2. The lowest BCUT2D eigenvalue weighted by molar-refractivity contribution is -0.712. The quantitative estimate of drug-likeness (QED) is 0.0444. The minimum atomic E-state index is -5.19. The Morgan fingerprint density at radius 3 is 2.36 bits per heavy atom. The molecule has 2 aromatic heterocycles. The highest BCUT2D eigenvalue weighted by Gasteiger charge is 2.54. The van der Waals surface area contributed by atoms with Crippen molar-refractivity contribution < 1.29 is 61.9 Å². The van der Waals surface area contributed by atoms with Crippen LogP contribution in [0.1, 0.15) is 19.5 Å². The van der Waals surface area contributed by atoms with Gasteiger partial charge in [0.05, 0.1) is 12.6 Å². The van der Waals surface area contributed by atoms with Crippen molar-refractivity contribution in [1.29, 1.82) is 0 Å². The Morgan fingerprint density at radius 1 is 1.17 bits per heavy atom. The van der Waals surface area contributed by atoms with Gasteiger partial charge in [-0.15, -0.1) is 23.1 Å². The highest BCUT2D eigenvalue weighted by molar-refractivity contribution is 8.01.